The minimum atomic E-state index is -3.59. The van der Waals surface area contributed by atoms with Gasteiger partial charge in [-0.25, -0.2) is 0 Å². The van der Waals surface area contributed by atoms with Gasteiger partial charge in [0.1, 0.15) is 6.04 Å². The molecular formula is C16H22Cl2N2O5S. The molecule has 0 saturated carbocycles. The first kappa shape index (κ1) is 21.2. The Morgan fingerprint density at radius 2 is 2.00 bits per heavy atom. The second-order valence-corrected chi connectivity index (χ2v) is 8.68. The lowest BCUT2D eigenvalue weighted by Gasteiger charge is -2.40. The lowest BCUT2D eigenvalue weighted by atomic mass is 10.1. The highest BCUT2D eigenvalue weighted by Gasteiger charge is 2.31. The third-order valence-corrected chi connectivity index (χ3v) is 5.49. The summed E-state index contributed by atoms with van der Waals surface area (Å²) in [5.41, 5.74) is 0.821. The van der Waals surface area contributed by atoms with Crippen LogP contribution in [-0.4, -0.2) is 69.0 Å². The van der Waals surface area contributed by atoms with Crippen LogP contribution in [0.1, 0.15) is 13.3 Å². The quantitative estimate of drug-likeness (QED) is 0.670. The van der Waals surface area contributed by atoms with Gasteiger partial charge in [0.15, 0.2) is 0 Å². The summed E-state index contributed by atoms with van der Waals surface area (Å²) in [5, 5.41) is 10.7. The molecule has 1 heterocycles. The molecule has 2 atom stereocenters. The number of anilines is 1. The fourth-order valence-electron chi connectivity index (χ4n) is 2.76. The number of halogens is 2. The van der Waals surface area contributed by atoms with Crippen LogP contribution in [0.4, 0.5) is 5.69 Å². The van der Waals surface area contributed by atoms with Gasteiger partial charge in [0, 0.05) is 25.3 Å². The molecule has 0 radical (unpaired) electrons. The number of carbonyl (C=O) groups excluding carboxylic acids is 1. The summed E-state index contributed by atoms with van der Waals surface area (Å²) in [7, 11) is -3.59. The van der Waals surface area contributed by atoms with Crippen LogP contribution in [0.2, 0.25) is 10.0 Å². The number of rotatable bonds is 7. The van der Waals surface area contributed by atoms with Crippen LogP contribution in [0.5, 0.6) is 0 Å². The van der Waals surface area contributed by atoms with Crippen molar-refractivity contribution in [2.24, 2.45) is 0 Å². The number of piperazine rings is 1. The van der Waals surface area contributed by atoms with E-state index in [4.69, 9.17) is 23.2 Å². The van der Waals surface area contributed by atoms with Crippen molar-refractivity contribution in [2.45, 2.75) is 25.5 Å². The van der Waals surface area contributed by atoms with Crippen molar-refractivity contribution in [2.75, 3.05) is 37.4 Å². The molecular weight excluding hydrogens is 403 g/mol. The van der Waals surface area contributed by atoms with Crippen molar-refractivity contribution in [1.82, 2.24) is 4.90 Å². The Morgan fingerprint density at radius 3 is 2.62 bits per heavy atom. The Balaban J connectivity index is 1.91. The van der Waals surface area contributed by atoms with Crippen LogP contribution >= 0.6 is 23.2 Å². The van der Waals surface area contributed by atoms with E-state index in [-0.39, 0.29) is 25.0 Å². The van der Waals surface area contributed by atoms with Gasteiger partial charge in [-0.05, 0) is 31.5 Å². The van der Waals surface area contributed by atoms with E-state index < -0.39 is 16.2 Å². The Labute approximate surface area is 163 Å². The van der Waals surface area contributed by atoms with Crippen molar-refractivity contribution in [3.8, 4) is 0 Å². The standard InChI is InChI=1S/C16H22Cl2N2O5S/c1-11-16(22)19(6-5-13(21)10-25-26(2,23)24)7-8-20(11)12-3-4-14(17)15(18)9-12/h3-4,9,11,13,21H,5-8,10H2,1-2H3. The molecule has 1 amide bonds. The van der Waals surface area contributed by atoms with Crippen molar-refractivity contribution in [1.29, 1.82) is 0 Å². The number of benzene rings is 1. The molecule has 0 bridgehead atoms. The van der Waals surface area contributed by atoms with E-state index in [1.54, 1.807) is 24.0 Å². The third-order valence-electron chi connectivity index (χ3n) is 4.19. The largest absolute Gasteiger partial charge is 0.391 e. The van der Waals surface area contributed by atoms with Crippen LogP contribution in [0.25, 0.3) is 0 Å². The average molecular weight is 425 g/mol. The van der Waals surface area contributed by atoms with Gasteiger partial charge in [-0.2, -0.15) is 8.42 Å². The molecule has 1 aromatic carbocycles. The van der Waals surface area contributed by atoms with Gasteiger partial charge in [-0.15, -0.1) is 0 Å². The zero-order chi connectivity index (χ0) is 19.5. The molecule has 1 aliphatic heterocycles. The Bertz CT molecular complexity index is 759. The summed E-state index contributed by atoms with van der Waals surface area (Å²) in [6.45, 7) is 2.92. The van der Waals surface area contributed by atoms with E-state index in [9.17, 15) is 18.3 Å². The Kier molecular flexibility index (Phi) is 7.15. The van der Waals surface area contributed by atoms with Gasteiger partial charge in [0.2, 0.25) is 5.91 Å². The normalized spacial score (nSPS) is 19.7. The maximum atomic E-state index is 12.6. The smallest absolute Gasteiger partial charge is 0.264 e. The molecule has 146 valence electrons. The first-order valence-corrected chi connectivity index (χ1v) is 10.7. The zero-order valence-electron chi connectivity index (χ0n) is 14.6. The molecule has 1 saturated heterocycles. The van der Waals surface area contributed by atoms with E-state index in [0.29, 0.717) is 29.7 Å². The molecule has 0 aliphatic carbocycles. The van der Waals surface area contributed by atoms with E-state index in [1.165, 1.54) is 0 Å². The van der Waals surface area contributed by atoms with Crippen LogP contribution in [-0.2, 0) is 19.1 Å². The number of carbonyl (C=O) groups is 1. The maximum Gasteiger partial charge on any atom is 0.264 e. The predicted octanol–water partition coefficient (Wildman–Crippen LogP) is 1.76. The van der Waals surface area contributed by atoms with Gasteiger partial charge >= 0.3 is 0 Å². The third kappa shape index (κ3) is 5.72. The molecule has 1 aromatic rings. The van der Waals surface area contributed by atoms with E-state index in [1.807, 2.05) is 11.0 Å². The molecule has 1 N–H and O–H groups in total. The number of amides is 1. The van der Waals surface area contributed by atoms with E-state index >= 15 is 0 Å². The number of hydrogen-bond acceptors (Lipinski definition) is 6. The fourth-order valence-corrected chi connectivity index (χ4v) is 3.46. The summed E-state index contributed by atoms with van der Waals surface area (Å²) < 4.78 is 26.4. The second kappa shape index (κ2) is 8.75. The summed E-state index contributed by atoms with van der Waals surface area (Å²) in [6, 6.07) is 4.86. The number of hydrogen-bond donors (Lipinski definition) is 1. The summed E-state index contributed by atoms with van der Waals surface area (Å²) in [6.07, 6.45) is 0.203. The number of aliphatic hydroxyl groups excluding tert-OH is 1. The van der Waals surface area contributed by atoms with Gasteiger partial charge in [-0.1, -0.05) is 23.2 Å². The number of nitrogens with zero attached hydrogens (tertiary/aromatic N) is 2. The molecule has 10 heteroatoms. The lowest BCUT2D eigenvalue weighted by Crippen LogP contribution is -2.56. The lowest BCUT2D eigenvalue weighted by molar-refractivity contribution is -0.134. The first-order valence-electron chi connectivity index (χ1n) is 8.11. The summed E-state index contributed by atoms with van der Waals surface area (Å²) in [5.74, 6) is -0.0708. The van der Waals surface area contributed by atoms with Gasteiger partial charge < -0.3 is 14.9 Å². The van der Waals surface area contributed by atoms with Crippen molar-refractivity contribution >= 4 is 44.9 Å². The van der Waals surface area contributed by atoms with Gasteiger partial charge in [0.05, 0.1) is 29.0 Å². The highest BCUT2D eigenvalue weighted by atomic mass is 35.5. The molecule has 0 spiro atoms. The summed E-state index contributed by atoms with van der Waals surface area (Å²) >= 11 is 12.0. The molecule has 7 nitrogen and oxygen atoms in total. The predicted molar refractivity (Wildman–Crippen MR) is 101 cm³/mol. The zero-order valence-corrected chi connectivity index (χ0v) is 16.9. The van der Waals surface area contributed by atoms with Crippen molar-refractivity contribution in [3.63, 3.8) is 0 Å². The van der Waals surface area contributed by atoms with E-state index in [0.717, 1.165) is 11.9 Å². The van der Waals surface area contributed by atoms with Gasteiger partial charge in [0.25, 0.3) is 10.1 Å². The molecule has 2 unspecified atom stereocenters. The van der Waals surface area contributed by atoms with Crippen LogP contribution in [0, 0.1) is 0 Å². The van der Waals surface area contributed by atoms with Crippen LogP contribution in [0.3, 0.4) is 0 Å². The second-order valence-electron chi connectivity index (χ2n) is 6.22. The molecule has 2 rings (SSSR count). The highest BCUT2D eigenvalue weighted by molar-refractivity contribution is 7.85. The molecule has 26 heavy (non-hydrogen) atoms. The Morgan fingerprint density at radius 1 is 1.31 bits per heavy atom. The maximum absolute atomic E-state index is 12.6. The van der Waals surface area contributed by atoms with Crippen molar-refractivity contribution < 1.29 is 22.5 Å². The molecule has 0 aromatic heterocycles. The monoisotopic (exact) mass is 424 g/mol. The molecule has 1 aliphatic rings. The van der Waals surface area contributed by atoms with Crippen LogP contribution < -0.4 is 4.90 Å². The Hall–Kier alpha value is -1.06. The highest BCUT2D eigenvalue weighted by Crippen LogP contribution is 2.29. The SMILES string of the molecule is CC1C(=O)N(CCC(O)COS(C)(=O)=O)CCN1c1ccc(Cl)c(Cl)c1. The topological polar surface area (TPSA) is 87.1 Å². The summed E-state index contributed by atoms with van der Waals surface area (Å²) in [4.78, 5) is 16.2. The number of aliphatic hydroxyl groups is 1. The minimum Gasteiger partial charge on any atom is -0.391 e. The average Bonchev–Trinajstić information content (AvgIpc) is 2.56. The fraction of sp³-hybridized carbons (Fsp3) is 0.562. The van der Waals surface area contributed by atoms with E-state index in [2.05, 4.69) is 4.18 Å². The first-order chi connectivity index (χ1) is 12.1. The minimum absolute atomic E-state index is 0.0708. The van der Waals surface area contributed by atoms with Crippen molar-refractivity contribution in [3.05, 3.63) is 28.2 Å². The van der Waals surface area contributed by atoms with Gasteiger partial charge in [-0.3, -0.25) is 8.98 Å². The molecule has 1 fully saturated rings. The van der Waals surface area contributed by atoms with Crippen LogP contribution in [0.15, 0.2) is 18.2 Å².